The molecule has 3 aromatic carbocycles. The summed E-state index contributed by atoms with van der Waals surface area (Å²) in [5.74, 6) is 2.38. The van der Waals surface area contributed by atoms with Crippen LogP contribution >= 0.6 is 0 Å². The highest BCUT2D eigenvalue weighted by molar-refractivity contribution is 5.72. The van der Waals surface area contributed by atoms with Gasteiger partial charge < -0.3 is 33.3 Å². The molecule has 0 aromatic heterocycles. The maximum absolute atomic E-state index is 13.4. The highest BCUT2D eigenvalue weighted by atomic mass is 16.6. The van der Waals surface area contributed by atoms with Gasteiger partial charge in [-0.3, -0.25) is 9.69 Å². The van der Waals surface area contributed by atoms with Crippen molar-refractivity contribution in [3.63, 3.8) is 0 Å². The summed E-state index contributed by atoms with van der Waals surface area (Å²) in [6, 6.07) is 23.3. The molecule has 50 heavy (non-hydrogen) atoms. The monoisotopic (exact) mass is 690 g/mol. The molecule has 0 aliphatic carbocycles. The van der Waals surface area contributed by atoms with Crippen molar-refractivity contribution in [2.24, 2.45) is 0 Å². The van der Waals surface area contributed by atoms with Crippen LogP contribution in [0.2, 0.25) is 0 Å². The lowest BCUT2D eigenvalue weighted by atomic mass is 9.92. The third-order valence-electron chi connectivity index (χ3n) is 8.48. The van der Waals surface area contributed by atoms with Crippen LogP contribution in [0.1, 0.15) is 69.7 Å². The predicted octanol–water partition coefficient (Wildman–Crippen LogP) is 7.24. The van der Waals surface area contributed by atoms with Crippen LogP contribution in [0.5, 0.6) is 17.2 Å². The molecule has 1 aliphatic heterocycles. The summed E-state index contributed by atoms with van der Waals surface area (Å²) in [6.07, 6.45) is 2.43. The summed E-state index contributed by atoms with van der Waals surface area (Å²) in [5, 5.41) is 0. The van der Waals surface area contributed by atoms with E-state index in [1.807, 2.05) is 93.6 Å². The van der Waals surface area contributed by atoms with E-state index in [2.05, 4.69) is 0 Å². The number of carbonyl (C=O) groups is 2. The Bertz CT molecular complexity index is 1490. The van der Waals surface area contributed by atoms with Gasteiger partial charge in [0.15, 0.2) is 0 Å². The van der Waals surface area contributed by atoms with Gasteiger partial charge in [0, 0.05) is 39.0 Å². The average Bonchev–Trinajstić information content (AvgIpc) is 3.10. The normalized spacial score (nSPS) is 16.1. The van der Waals surface area contributed by atoms with Crippen molar-refractivity contribution < 1.29 is 38.0 Å². The van der Waals surface area contributed by atoms with Crippen LogP contribution in [0.25, 0.3) is 0 Å². The van der Waals surface area contributed by atoms with Gasteiger partial charge in [0.05, 0.1) is 45.7 Å². The van der Waals surface area contributed by atoms with Gasteiger partial charge in [0.1, 0.15) is 29.5 Å². The molecule has 0 radical (unpaired) electrons. The lowest BCUT2D eigenvalue weighted by molar-refractivity contribution is -0.127. The summed E-state index contributed by atoms with van der Waals surface area (Å²) in [6.45, 7) is 10.6. The van der Waals surface area contributed by atoms with Gasteiger partial charge in [-0.25, -0.2) is 4.79 Å². The number of carbonyl (C=O) groups excluding carboxylic acids is 2. The average molecular weight is 691 g/mol. The number of para-hydroxylation sites is 2. The van der Waals surface area contributed by atoms with Crippen LogP contribution in [0.3, 0.4) is 0 Å². The van der Waals surface area contributed by atoms with Crippen LogP contribution in [0.15, 0.2) is 72.8 Å². The third kappa shape index (κ3) is 11.9. The standard InChI is InChI=1S/C40H54N2O8/c1-30(43)41(5)24-22-31-13-7-10-16-36(31)48-27-28-49-37-17-11-23-42(39(44)50-40(2,3)4)38(37)32-18-20-34(21-19-32)47-26-12-25-46-29-33-14-8-9-15-35(33)45-6/h7-10,13-16,18-21,37-38H,11-12,17,22-29H2,1-6H3. The smallest absolute Gasteiger partial charge is 0.410 e. The summed E-state index contributed by atoms with van der Waals surface area (Å²) < 4.78 is 35.6. The van der Waals surface area contributed by atoms with Crippen LogP contribution in [-0.2, 0) is 32.0 Å². The Hall–Kier alpha value is -4.28. The summed E-state index contributed by atoms with van der Waals surface area (Å²) in [5.41, 5.74) is 2.38. The van der Waals surface area contributed by atoms with Crippen LogP contribution < -0.4 is 14.2 Å². The Morgan fingerprint density at radius 3 is 2.26 bits per heavy atom. The molecule has 4 rings (SSSR count). The molecular formula is C40H54N2O8. The number of likely N-dealkylation sites (N-methyl/N-ethyl adjacent to an activating group) is 1. The molecule has 10 nitrogen and oxygen atoms in total. The Balaban J connectivity index is 1.34. The SMILES string of the molecule is COc1ccccc1COCCCOc1ccc(C2C(OCCOc3ccccc3CCN(C)C(C)=O)CCCN2C(=O)OC(C)(C)C)cc1. The van der Waals surface area contributed by atoms with Crippen LogP contribution in [0.4, 0.5) is 4.79 Å². The summed E-state index contributed by atoms with van der Waals surface area (Å²) in [4.78, 5) is 28.6. The van der Waals surface area contributed by atoms with Crippen molar-refractivity contribution in [1.82, 2.24) is 9.80 Å². The van der Waals surface area contributed by atoms with Crippen molar-refractivity contribution in [3.05, 3.63) is 89.5 Å². The lowest BCUT2D eigenvalue weighted by Gasteiger charge is -2.41. The van der Waals surface area contributed by atoms with Crippen molar-refractivity contribution in [1.29, 1.82) is 0 Å². The molecule has 0 saturated carbocycles. The summed E-state index contributed by atoms with van der Waals surface area (Å²) in [7, 11) is 3.46. The molecule has 1 aliphatic rings. The molecule has 0 N–H and O–H groups in total. The van der Waals surface area contributed by atoms with Crippen LogP contribution in [-0.4, -0.2) is 87.2 Å². The van der Waals surface area contributed by atoms with E-state index < -0.39 is 5.60 Å². The lowest BCUT2D eigenvalue weighted by Crippen LogP contribution is -2.48. The fraction of sp³-hybridized carbons (Fsp3) is 0.500. The Kier molecular flexibility index (Phi) is 14.8. The number of methoxy groups -OCH3 is 1. The third-order valence-corrected chi connectivity index (χ3v) is 8.48. The fourth-order valence-corrected chi connectivity index (χ4v) is 5.82. The Labute approximate surface area is 297 Å². The second kappa shape index (κ2) is 19.2. The summed E-state index contributed by atoms with van der Waals surface area (Å²) >= 11 is 0. The zero-order valence-corrected chi connectivity index (χ0v) is 30.5. The number of hydrogen-bond donors (Lipinski definition) is 0. The molecule has 2 unspecified atom stereocenters. The number of likely N-dealkylation sites (tertiary alicyclic amines) is 1. The maximum Gasteiger partial charge on any atom is 0.410 e. The Morgan fingerprint density at radius 1 is 0.860 bits per heavy atom. The largest absolute Gasteiger partial charge is 0.496 e. The van der Waals surface area contributed by atoms with Crippen molar-refractivity contribution in [3.8, 4) is 17.2 Å². The zero-order valence-electron chi connectivity index (χ0n) is 30.5. The number of amides is 2. The highest BCUT2D eigenvalue weighted by Crippen LogP contribution is 2.35. The first-order valence-electron chi connectivity index (χ1n) is 17.5. The molecule has 2 atom stereocenters. The number of piperidine rings is 1. The first-order chi connectivity index (χ1) is 24.1. The minimum absolute atomic E-state index is 0.0311. The van der Waals surface area contributed by atoms with E-state index in [0.29, 0.717) is 52.5 Å². The number of rotatable bonds is 17. The maximum atomic E-state index is 13.4. The van der Waals surface area contributed by atoms with E-state index in [4.69, 9.17) is 28.4 Å². The van der Waals surface area contributed by atoms with Crippen molar-refractivity contribution in [2.45, 2.75) is 77.7 Å². The molecule has 3 aromatic rings. The van der Waals surface area contributed by atoms with Gasteiger partial charge in [-0.15, -0.1) is 0 Å². The van der Waals surface area contributed by atoms with Crippen LogP contribution in [0, 0.1) is 0 Å². The second-order valence-corrected chi connectivity index (χ2v) is 13.5. The van der Waals surface area contributed by atoms with Crippen molar-refractivity contribution >= 4 is 12.0 Å². The first kappa shape index (κ1) is 38.5. The quantitative estimate of drug-likeness (QED) is 0.137. The van der Waals surface area contributed by atoms with Gasteiger partial charge in [0.25, 0.3) is 0 Å². The number of ether oxygens (including phenoxy) is 6. The van der Waals surface area contributed by atoms with Gasteiger partial charge in [0.2, 0.25) is 5.91 Å². The minimum Gasteiger partial charge on any atom is -0.496 e. The van der Waals surface area contributed by atoms with Gasteiger partial charge in [-0.2, -0.15) is 0 Å². The molecule has 1 saturated heterocycles. The molecule has 10 heteroatoms. The van der Waals surface area contributed by atoms with Gasteiger partial charge in [-0.05, 0) is 75.4 Å². The van der Waals surface area contributed by atoms with Gasteiger partial charge >= 0.3 is 6.09 Å². The topological polar surface area (TPSA) is 96.0 Å². The number of hydrogen-bond acceptors (Lipinski definition) is 8. The highest BCUT2D eigenvalue weighted by Gasteiger charge is 2.38. The molecule has 1 heterocycles. The predicted molar refractivity (Wildman–Crippen MR) is 193 cm³/mol. The van der Waals surface area contributed by atoms with E-state index >= 15 is 0 Å². The molecule has 0 bridgehead atoms. The van der Waals surface area contributed by atoms with Crippen molar-refractivity contribution in [2.75, 3.05) is 53.7 Å². The fourth-order valence-electron chi connectivity index (χ4n) is 5.82. The van der Waals surface area contributed by atoms with Gasteiger partial charge in [-0.1, -0.05) is 48.5 Å². The molecule has 0 spiro atoms. The first-order valence-corrected chi connectivity index (χ1v) is 17.5. The minimum atomic E-state index is -0.621. The molecule has 272 valence electrons. The van der Waals surface area contributed by atoms with E-state index in [1.54, 1.807) is 30.9 Å². The van der Waals surface area contributed by atoms with E-state index in [1.165, 1.54) is 0 Å². The van der Waals surface area contributed by atoms with E-state index in [9.17, 15) is 9.59 Å². The van der Waals surface area contributed by atoms with E-state index in [0.717, 1.165) is 53.2 Å². The van der Waals surface area contributed by atoms with E-state index in [-0.39, 0.29) is 24.1 Å². The second-order valence-electron chi connectivity index (χ2n) is 13.5. The molecule has 1 fully saturated rings. The number of benzene rings is 3. The zero-order chi connectivity index (χ0) is 35.9. The molecular weight excluding hydrogens is 636 g/mol. The number of nitrogens with zero attached hydrogens (tertiary/aromatic N) is 2. The Morgan fingerprint density at radius 2 is 1.56 bits per heavy atom. The molecule has 2 amide bonds.